The average molecular weight is 262 g/mol. The largest absolute Gasteiger partial charge is 0.395 e. The number of aromatic nitrogens is 2. The molecule has 0 unspecified atom stereocenters. The van der Waals surface area contributed by atoms with Gasteiger partial charge < -0.3 is 15.7 Å². The summed E-state index contributed by atoms with van der Waals surface area (Å²) in [6.07, 6.45) is 0. The molecule has 0 amide bonds. The fourth-order valence-corrected chi connectivity index (χ4v) is 1.62. The second kappa shape index (κ2) is 6.10. The van der Waals surface area contributed by atoms with E-state index >= 15 is 0 Å². The molecule has 1 aromatic carbocycles. The van der Waals surface area contributed by atoms with Crippen LogP contribution in [0.2, 0.25) is 0 Å². The molecule has 3 N–H and O–H groups in total. The third-order valence-electron chi connectivity index (χ3n) is 2.35. The van der Waals surface area contributed by atoms with E-state index < -0.39 is 0 Å². The number of hydrogen-bond donors (Lipinski definition) is 3. The van der Waals surface area contributed by atoms with Crippen LogP contribution in [0, 0.1) is 12.7 Å². The van der Waals surface area contributed by atoms with Gasteiger partial charge in [0.05, 0.1) is 6.61 Å². The van der Waals surface area contributed by atoms with Gasteiger partial charge in [-0.15, -0.1) is 0 Å². The maximum Gasteiger partial charge on any atom is 0.136 e. The smallest absolute Gasteiger partial charge is 0.136 e. The van der Waals surface area contributed by atoms with Crippen molar-refractivity contribution in [1.82, 2.24) is 9.97 Å². The van der Waals surface area contributed by atoms with Gasteiger partial charge in [-0.25, -0.2) is 14.4 Å². The van der Waals surface area contributed by atoms with Crippen molar-refractivity contribution >= 4 is 17.3 Å². The van der Waals surface area contributed by atoms with Gasteiger partial charge in [0.15, 0.2) is 0 Å². The van der Waals surface area contributed by atoms with Gasteiger partial charge in [-0.05, 0) is 25.1 Å². The van der Waals surface area contributed by atoms with Crippen molar-refractivity contribution in [2.75, 3.05) is 23.8 Å². The van der Waals surface area contributed by atoms with Crippen LogP contribution in [0.15, 0.2) is 30.3 Å². The minimum atomic E-state index is -0.311. The summed E-state index contributed by atoms with van der Waals surface area (Å²) in [5.41, 5.74) is 0.617. The van der Waals surface area contributed by atoms with E-state index in [1.807, 2.05) is 0 Å². The zero-order valence-electron chi connectivity index (χ0n) is 10.5. The van der Waals surface area contributed by atoms with Gasteiger partial charge in [0, 0.05) is 18.3 Å². The number of benzene rings is 1. The van der Waals surface area contributed by atoms with Crippen molar-refractivity contribution in [1.29, 1.82) is 0 Å². The molecule has 0 saturated heterocycles. The summed E-state index contributed by atoms with van der Waals surface area (Å²) in [4.78, 5) is 8.40. The van der Waals surface area contributed by atoms with Crippen LogP contribution in [-0.4, -0.2) is 28.2 Å². The molecule has 6 heteroatoms. The van der Waals surface area contributed by atoms with Crippen molar-refractivity contribution in [3.63, 3.8) is 0 Å². The van der Waals surface area contributed by atoms with Crippen molar-refractivity contribution in [3.05, 3.63) is 42.0 Å². The highest BCUT2D eigenvalue weighted by atomic mass is 19.1. The molecule has 100 valence electrons. The van der Waals surface area contributed by atoms with Crippen LogP contribution in [0.5, 0.6) is 0 Å². The van der Waals surface area contributed by atoms with Gasteiger partial charge in [0.1, 0.15) is 23.3 Å². The number of aliphatic hydroxyl groups is 1. The lowest BCUT2D eigenvalue weighted by Crippen LogP contribution is -2.08. The van der Waals surface area contributed by atoms with E-state index in [4.69, 9.17) is 5.11 Å². The lowest BCUT2D eigenvalue weighted by Gasteiger charge is -2.09. The third kappa shape index (κ3) is 3.89. The Morgan fingerprint density at radius 1 is 1.21 bits per heavy atom. The highest BCUT2D eigenvalue weighted by Crippen LogP contribution is 2.17. The Bertz CT molecular complexity index is 562. The van der Waals surface area contributed by atoms with Gasteiger partial charge in [-0.1, -0.05) is 6.07 Å². The highest BCUT2D eigenvalue weighted by Gasteiger charge is 2.02. The van der Waals surface area contributed by atoms with Gasteiger partial charge in [-0.3, -0.25) is 0 Å². The second-order valence-corrected chi connectivity index (χ2v) is 3.97. The molecular formula is C13H15FN4O. The molecule has 0 fully saturated rings. The summed E-state index contributed by atoms with van der Waals surface area (Å²) in [7, 11) is 0. The Morgan fingerprint density at radius 3 is 2.74 bits per heavy atom. The first kappa shape index (κ1) is 13.2. The van der Waals surface area contributed by atoms with Crippen molar-refractivity contribution in [2.24, 2.45) is 0 Å². The van der Waals surface area contributed by atoms with E-state index in [2.05, 4.69) is 20.6 Å². The molecular weight excluding hydrogens is 247 g/mol. The molecule has 1 heterocycles. The maximum atomic E-state index is 13.1. The van der Waals surface area contributed by atoms with Gasteiger partial charge in [0.25, 0.3) is 0 Å². The molecule has 0 bridgehead atoms. The van der Waals surface area contributed by atoms with Crippen molar-refractivity contribution in [3.8, 4) is 0 Å². The molecule has 19 heavy (non-hydrogen) atoms. The quantitative estimate of drug-likeness (QED) is 0.769. The standard InChI is InChI=1S/C13H15FN4O/c1-9-16-12(15-5-6-19)8-13(17-9)18-11-4-2-3-10(14)7-11/h2-4,7-8,19H,5-6H2,1H3,(H2,15,16,17,18). The highest BCUT2D eigenvalue weighted by molar-refractivity contribution is 5.59. The fourth-order valence-electron chi connectivity index (χ4n) is 1.62. The summed E-state index contributed by atoms with van der Waals surface area (Å²) in [6, 6.07) is 7.84. The minimum absolute atomic E-state index is 0.0235. The van der Waals surface area contributed by atoms with E-state index in [9.17, 15) is 4.39 Å². The number of nitrogens with zero attached hydrogens (tertiary/aromatic N) is 2. The summed E-state index contributed by atoms with van der Waals surface area (Å²) >= 11 is 0. The maximum absolute atomic E-state index is 13.1. The Balaban J connectivity index is 2.17. The van der Waals surface area contributed by atoms with Crippen molar-refractivity contribution in [2.45, 2.75) is 6.92 Å². The number of rotatable bonds is 5. The second-order valence-electron chi connectivity index (χ2n) is 3.97. The van der Waals surface area contributed by atoms with Crippen LogP contribution in [0.1, 0.15) is 5.82 Å². The average Bonchev–Trinajstić information content (AvgIpc) is 2.35. The summed E-state index contributed by atoms with van der Waals surface area (Å²) in [5, 5.41) is 14.7. The number of nitrogens with one attached hydrogen (secondary N) is 2. The van der Waals surface area contributed by atoms with E-state index in [0.717, 1.165) is 0 Å². The molecule has 5 nitrogen and oxygen atoms in total. The predicted octanol–water partition coefficient (Wildman–Crippen LogP) is 2.07. The predicted molar refractivity (Wildman–Crippen MR) is 72.0 cm³/mol. The first-order valence-corrected chi connectivity index (χ1v) is 5.90. The van der Waals surface area contributed by atoms with Crippen LogP contribution in [0.3, 0.4) is 0 Å². The SMILES string of the molecule is Cc1nc(NCCO)cc(Nc2cccc(F)c2)n1. The molecule has 0 aliphatic heterocycles. The van der Waals surface area contributed by atoms with Crippen molar-refractivity contribution < 1.29 is 9.50 Å². The summed E-state index contributed by atoms with van der Waals surface area (Å²) in [6.45, 7) is 2.20. The van der Waals surface area contributed by atoms with E-state index in [-0.39, 0.29) is 12.4 Å². The monoisotopic (exact) mass is 262 g/mol. The number of aryl methyl sites for hydroxylation is 1. The molecule has 0 saturated carbocycles. The zero-order valence-corrected chi connectivity index (χ0v) is 10.5. The number of anilines is 3. The molecule has 0 aliphatic carbocycles. The van der Waals surface area contributed by atoms with Crippen LogP contribution in [0.4, 0.5) is 21.7 Å². The minimum Gasteiger partial charge on any atom is -0.395 e. The Labute approximate surface area is 110 Å². The van der Waals surface area contributed by atoms with Crippen LogP contribution in [-0.2, 0) is 0 Å². The van der Waals surface area contributed by atoms with Crippen LogP contribution in [0.25, 0.3) is 0 Å². The number of halogens is 1. The Hall–Kier alpha value is -2.21. The van der Waals surface area contributed by atoms with E-state index in [1.165, 1.54) is 12.1 Å². The van der Waals surface area contributed by atoms with Crippen LogP contribution < -0.4 is 10.6 Å². The first-order valence-electron chi connectivity index (χ1n) is 5.90. The lowest BCUT2D eigenvalue weighted by atomic mass is 10.3. The molecule has 2 rings (SSSR count). The Kier molecular flexibility index (Phi) is 4.25. The van der Waals surface area contributed by atoms with Gasteiger partial charge in [0.2, 0.25) is 0 Å². The third-order valence-corrected chi connectivity index (χ3v) is 2.35. The van der Waals surface area contributed by atoms with Gasteiger partial charge >= 0.3 is 0 Å². The molecule has 0 atom stereocenters. The van der Waals surface area contributed by atoms with Crippen LogP contribution >= 0.6 is 0 Å². The van der Waals surface area contributed by atoms with E-state index in [1.54, 1.807) is 25.1 Å². The molecule has 0 radical (unpaired) electrons. The normalized spacial score (nSPS) is 10.3. The molecule has 0 aliphatic rings. The molecule has 1 aromatic heterocycles. The summed E-state index contributed by atoms with van der Waals surface area (Å²) in [5.74, 6) is 1.45. The number of hydrogen-bond acceptors (Lipinski definition) is 5. The topological polar surface area (TPSA) is 70.1 Å². The van der Waals surface area contributed by atoms with Gasteiger partial charge in [-0.2, -0.15) is 0 Å². The Morgan fingerprint density at radius 2 is 2.00 bits per heavy atom. The summed E-state index contributed by atoms with van der Waals surface area (Å²) < 4.78 is 13.1. The molecule has 0 spiro atoms. The molecule has 2 aromatic rings. The zero-order chi connectivity index (χ0) is 13.7. The lowest BCUT2D eigenvalue weighted by molar-refractivity contribution is 0.311. The number of aliphatic hydroxyl groups excluding tert-OH is 1. The fraction of sp³-hybridized carbons (Fsp3) is 0.231. The van der Waals surface area contributed by atoms with E-state index in [0.29, 0.717) is 29.7 Å². The first-order chi connectivity index (χ1) is 9.17.